The van der Waals surface area contributed by atoms with Crippen LogP contribution in [-0.2, 0) is 9.53 Å². The molecule has 2 aromatic heterocycles. The molecule has 3 aromatic rings. The van der Waals surface area contributed by atoms with E-state index in [4.69, 9.17) is 4.74 Å². The van der Waals surface area contributed by atoms with Gasteiger partial charge < -0.3 is 4.74 Å². The number of carbonyl (C=O) groups excluding carboxylic acids is 1. The minimum atomic E-state index is -0.160. The highest BCUT2D eigenvalue weighted by Gasteiger charge is 2.19. The smallest absolute Gasteiger partial charge is 0.305 e. The van der Waals surface area contributed by atoms with Gasteiger partial charge in [-0.1, -0.05) is 36.4 Å². The van der Waals surface area contributed by atoms with Crippen LogP contribution in [0.2, 0.25) is 0 Å². The maximum atomic E-state index is 11.6. The lowest BCUT2D eigenvalue weighted by Gasteiger charge is -2.13. The van der Waals surface area contributed by atoms with Gasteiger partial charge in [0.2, 0.25) is 0 Å². The molecule has 28 heavy (non-hydrogen) atoms. The molecule has 0 aliphatic carbocycles. The Balaban J connectivity index is 1.88. The average Bonchev–Trinajstić information content (AvgIpc) is 3.11. The Kier molecular flexibility index (Phi) is 6.81. The van der Waals surface area contributed by atoms with Crippen LogP contribution in [0, 0.1) is 6.92 Å². The molecule has 0 spiro atoms. The number of thioether (sulfide) groups is 1. The first-order valence-corrected chi connectivity index (χ1v) is 10.2. The van der Waals surface area contributed by atoms with E-state index in [9.17, 15) is 4.79 Å². The lowest BCUT2D eigenvalue weighted by Crippen LogP contribution is -2.08. The third-order valence-corrected chi connectivity index (χ3v) is 5.34. The van der Waals surface area contributed by atoms with Crippen LogP contribution in [0.15, 0.2) is 53.9 Å². The summed E-state index contributed by atoms with van der Waals surface area (Å²) in [7, 11) is 0. The van der Waals surface area contributed by atoms with Gasteiger partial charge in [0.15, 0.2) is 11.0 Å². The van der Waals surface area contributed by atoms with Crippen molar-refractivity contribution in [1.82, 2.24) is 19.7 Å². The molecule has 1 atom stereocenters. The number of hydrogen-bond acceptors (Lipinski definition) is 6. The molecule has 0 radical (unpaired) electrons. The molecule has 0 aliphatic rings. The summed E-state index contributed by atoms with van der Waals surface area (Å²) in [6.45, 7) is 6.38. The average molecular weight is 397 g/mol. The van der Waals surface area contributed by atoms with E-state index >= 15 is 0 Å². The van der Waals surface area contributed by atoms with E-state index < -0.39 is 0 Å². The van der Waals surface area contributed by atoms with Gasteiger partial charge in [-0.15, -0.1) is 10.2 Å². The van der Waals surface area contributed by atoms with Crippen LogP contribution in [0.4, 0.5) is 0 Å². The first-order chi connectivity index (χ1) is 13.6. The molecular formula is C21H24N4O2S. The van der Waals surface area contributed by atoms with E-state index in [0.29, 0.717) is 13.0 Å². The van der Waals surface area contributed by atoms with Crippen LogP contribution < -0.4 is 0 Å². The third kappa shape index (κ3) is 4.98. The summed E-state index contributed by atoms with van der Waals surface area (Å²) < 4.78 is 7.08. The van der Waals surface area contributed by atoms with Crippen molar-refractivity contribution in [3.8, 4) is 17.1 Å². The predicted octanol–water partition coefficient (Wildman–Crippen LogP) is 4.46. The molecule has 1 aromatic carbocycles. The van der Waals surface area contributed by atoms with Crippen LogP contribution in [0.3, 0.4) is 0 Å². The zero-order valence-electron chi connectivity index (χ0n) is 16.3. The fourth-order valence-electron chi connectivity index (χ4n) is 2.75. The number of pyridine rings is 1. The molecule has 0 amide bonds. The summed E-state index contributed by atoms with van der Waals surface area (Å²) in [4.78, 5) is 15.7. The Hall–Kier alpha value is -2.67. The predicted molar refractivity (Wildman–Crippen MR) is 111 cm³/mol. The highest BCUT2D eigenvalue weighted by Crippen LogP contribution is 2.31. The summed E-state index contributed by atoms with van der Waals surface area (Å²) in [5.41, 5.74) is 3.15. The molecule has 0 saturated heterocycles. The molecular weight excluding hydrogens is 372 g/mol. The van der Waals surface area contributed by atoms with Gasteiger partial charge in [0, 0.05) is 35.3 Å². The minimum Gasteiger partial charge on any atom is -0.466 e. The Morgan fingerprint density at radius 1 is 1.14 bits per heavy atom. The molecule has 3 rings (SSSR count). The fraction of sp³-hybridized carbons (Fsp3) is 0.333. The van der Waals surface area contributed by atoms with Gasteiger partial charge in [-0.3, -0.25) is 14.3 Å². The Labute approximate surface area is 169 Å². The molecule has 0 aliphatic heterocycles. The van der Waals surface area contributed by atoms with Gasteiger partial charge >= 0.3 is 5.97 Å². The van der Waals surface area contributed by atoms with E-state index in [1.165, 1.54) is 5.56 Å². The third-order valence-electron chi connectivity index (χ3n) is 4.23. The number of aryl methyl sites for hydroxylation is 1. The molecule has 0 fully saturated rings. The van der Waals surface area contributed by atoms with Gasteiger partial charge in [-0.05, 0) is 44.5 Å². The standard InChI is InChI=1S/C21H24N4O2S/c1-4-27-19(26)10-7-16(3)28-21-24-23-20(17-11-13-22-14-12-17)25(21)18-8-5-15(2)6-9-18/h5-6,8-9,11-14,16H,4,7,10H2,1-3H3/t16-/m0/s1. The van der Waals surface area contributed by atoms with Gasteiger partial charge in [0.05, 0.1) is 6.61 Å². The number of rotatable bonds is 8. The fourth-order valence-corrected chi connectivity index (χ4v) is 3.73. The van der Waals surface area contributed by atoms with Gasteiger partial charge in [0.1, 0.15) is 0 Å². The zero-order chi connectivity index (χ0) is 19.9. The number of nitrogens with zero attached hydrogens (tertiary/aromatic N) is 4. The molecule has 0 N–H and O–H groups in total. The van der Waals surface area contributed by atoms with Crippen molar-refractivity contribution in [2.24, 2.45) is 0 Å². The van der Waals surface area contributed by atoms with Gasteiger partial charge in [-0.2, -0.15) is 0 Å². The van der Waals surface area contributed by atoms with E-state index in [0.717, 1.165) is 28.7 Å². The molecule has 0 bridgehead atoms. The topological polar surface area (TPSA) is 69.9 Å². The maximum Gasteiger partial charge on any atom is 0.305 e. The maximum absolute atomic E-state index is 11.6. The van der Waals surface area contributed by atoms with Crippen molar-refractivity contribution in [1.29, 1.82) is 0 Å². The SMILES string of the molecule is CCOC(=O)CC[C@H](C)Sc1nnc(-c2ccncc2)n1-c1ccc(C)cc1. The van der Waals surface area contributed by atoms with Crippen LogP contribution >= 0.6 is 11.8 Å². The van der Waals surface area contributed by atoms with Crippen LogP contribution in [-0.4, -0.2) is 37.6 Å². The van der Waals surface area contributed by atoms with Crippen molar-refractivity contribution in [3.05, 3.63) is 54.4 Å². The van der Waals surface area contributed by atoms with Gasteiger partial charge in [-0.25, -0.2) is 0 Å². The number of carbonyl (C=O) groups is 1. The zero-order valence-corrected chi connectivity index (χ0v) is 17.1. The normalized spacial score (nSPS) is 12.0. The number of ether oxygens (including phenoxy) is 1. The first kappa shape index (κ1) is 20.1. The Bertz CT molecular complexity index is 910. The van der Waals surface area contributed by atoms with Crippen molar-refractivity contribution >= 4 is 17.7 Å². The quantitative estimate of drug-likeness (QED) is 0.413. The highest BCUT2D eigenvalue weighted by atomic mass is 32.2. The van der Waals surface area contributed by atoms with Crippen LogP contribution in [0.1, 0.15) is 32.3 Å². The second-order valence-electron chi connectivity index (χ2n) is 6.49. The second kappa shape index (κ2) is 9.50. The second-order valence-corrected chi connectivity index (χ2v) is 7.89. The number of aromatic nitrogens is 4. The first-order valence-electron chi connectivity index (χ1n) is 9.33. The lowest BCUT2D eigenvalue weighted by molar-refractivity contribution is -0.143. The van der Waals surface area contributed by atoms with Gasteiger partial charge in [0.25, 0.3) is 0 Å². The molecule has 0 saturated carbocycles. The van der Waals surface area contributed by atoms with E-state index in [1.807, 2.05) is 19.1 Å². The summed E-state index contributed by atoms with van der Waals surface area (Å²) in [5.74, 6) is 0.610. The molecule has 146 valence electrons. The van der Waals surface area contributed by atoms with E-state index in [-0.39, 0.29) is 11.2 Å². The van der Waals surface area contributed by atoms with Crippen molar-refractivity contribution < 1.29 is 9.53 Å². The molecule has 2 heterocycles. The van der Waals surface area contributed by atoms with Crippen LogP contribution in [0.5, 0.6) is 0 Å². The Morgan fingerprint density at radius 2 is 1.86 bits per heavy atom. The van der Waals surface area contributed by atoms with Crippen molar-refractivity contribution in [2.45, 2.75) is 44.0 Å². The summed E-state index contributed by atoms with van der Waals surface area (Å²) >= 11 is 1.61. The lowest BCUT2D eigenvalue weighted by atomic mass is 10.2. The van der Waals surface area contributed by atoms with Crippen LogP contribution in [0.25, 0.3) is 17.1 Å². The summed E-state index contributed by atoms with van der Waals surface area (Å²) in [5, 5.41) is 9.87. The number of benzene rings is 1. The number of esters is 1. The van der Waals surface area contributed by atoms with Crippen molar-refractivity contribution in [3.63, 3.8) is 0 Å². The molecule has 0 unspecified atom stereocenters. The highest BCUT2D eigenvalue weighted by molar-refractivity contribution is 7.99. The summed E-state index contributed by atoms with van der Waals surface area (Å²) in [6, 6.07) is 12.1. The monoisotopic (exact) mass is 396 g/mol. The van der Waals surface area contributed by atoms with E-state index in [1.54, 1.807) is 24.2 Å². The minimum absolute atomic E-state index is 0.160. The molecule has 6 nitrogen and oxygen atoms in total. The molecule has 7 heteroatoms. The number of hydrogen-bond donors (Lipinski definition) is 0. The largest absolute Gasteiger partial charge is 0.466 e. The Morgan fingerprint density at radius 3 is 2.54 bits per heavy atom. The summed E-state index contributed by atoms with van der Waals surface area (Å²) in [6.07, 6.45) is 4.61. The van der Waals surface area contributed by atoms with Crippen molar-refractivity contribution in [2.75, 3.05) is 6.61 Å². The van der Waals surface area contributed by atoms with E-state index in [2.05, 4.69) is 57.9 Å².